The molecule has 0 saturated heterocycles. The lowest BCUT2D eigenvalue weighted by molar-refractivity contribution is -0.254. The maximum atomic E-state index is 15.4. The lowest BCUT2D eigenvalue weighted by Gasteiger charge is -2.25. The monoisotopic (exact) mass is 550 g/mol. The number of benzene rings is 2. The first-order valence-electron chi connectivity index (χ1n) is 11.2. The van der Waals surface area contributed by atoms with Crippen LogP contribution in [0.2, 0.25) is 0 Å². The Morgan fingerprint density at radius 2 is 1.11 bits per heavy atom. The molecule has 0 fully saturated rings. The van der Waals surface area contributed by atoms with Gasteiger partial charge in [-0.25, -0.2) is 0 Å². The largest absolute Gasteiger partial charge is 0.497 e. The Bertz CT molecular complexity index is 1510. The smallest absolute Gasteiger partial charge is 0.380 e. The fraction of sp³-hybridized carbons (Fsp3) is 0.214. The summed E-state index contributed by atoms with van der Waals surface area (Å²) in [5.74, 6) is -15.3. The van der Waals surface area contributed by atoms with Crippen molar-refractivity contribution in [2.75, 3.05) is 7.11 Å². The van der Waals surface area contributed by atoms with E-state index >= 15 is 17.6 Å². The van der Waals surface area contributed by atoms with E-state index in [0.29, 0.717) is 26.6 Å². The number of rotatable bonds is 5. The molecule has 192 valence electrons. The van der Waals surface area contributed by atoms with E-state index in [4.69, 9.17) is 4.74 Å². The molecule has 37 heavy (non-hydrogen) atoms. The maximum absolute atomic E-state index is 15.4. The van der Waals surface area contributed by atoms with E-state index in [9.17, 15) is 8.78 Å². The number of hydrogen-bond donors (Lipinski definition) is 0. The van der Waals surface area contributed by atoms with Crippen LogP contribution in [0.1, 0.15) is 20.9 Å². The van der Waals surface area contributed by atoms with Crippen LogP contribution in [0, 0.1) is 13.8 Å². The topological polar surface area (TPSA) is 9.23 Å². The van der Waals surface area contributed by atoms with Crippen molar-refractivity contribution in [3.63, 3.8) is 0 Å². The van der Waals surface area contributed by atoms with Crippen molar-refractivity contribution in [3.8, 4) is 26.6 Å². The molecule has 0 radical (unpaired) electrons. The molecular formula is C28H20F6OS2. The lowest BCUT2D eigenvalue weighted by Crippen LogP contribution is -2.48. The molecule has 1 aliphatic carbocycles. The van der Waals surface area contributed by atoms with Crippen LogP contribution >= 0.6 is 22.7 Å². The Morgan fingerprint density at radius 1 is 0.622 bits per heavy atom. The number of alkyl halides is 6. The van der Waals surface area contributed by atoms with Crippen molar-refractivity contribution in [3.05, 3.63) is 87.6 Å². The molecule has 5 rings (SSSR count). The van der Waals surface area contributed by atoms with E-state index in [1.807, 2.05) is 0 Å². The minimum absolute atomic E-state index is 0.231. The minimum atomic E-state index is -5.60. The van der Waals surface area contributed by atoms with Gasteiger partial charge in [-0.15, -0.1) is 22.7 Å². The normalized spacial score (nSPS) is 17.9. The molecule has 2 heterocycles. The highest BCUT2D eigenvalue weighted by molar-refractivity contribution is 7.16. The summed E-state index contributed by atoms with van der Waals surface area (Å²) in [6.07, 6.45) is 0. The summed E-state index contributed by atoms with van der Waals surface area (Å²) >= 11 is 2.16. The Labute approximate surface area is 217 Å². The zero-order valence-corrected chi connectivity index (χ0v) is 21.5. The highest BCUT2D eigenvalue weighted by Crippen LogP contribution is 2.66. The van der Waals surface area contributed by atoms with Crippen molar-refractivity contribution < 1.29 is 31.1 Å². The number of ether oxygens (including phenoxy) is 1. The van der Waals surface area contributed by atoms with Gasteiger partial charge in [0.15, 0.2) is 0 Å². The van der Waals surface area contributed by atoms with Crippen molar-refractivity contribution in [2.45, 2.75) is 31.6 Å². The standard InChI is InChI=1S/C28H20F6OS2/c1-15-20(13-22(36-15)17-8-5-4-6-9-17)24-25(27(31,32)28(33,34)26(24,29)30)21-14-23(37-16(21)2)18-10-7-11-19(12-18)35-3/h4-14H,1-3H3. The zero-order chi connectivity index (χ0) is 26.8. The molecule has 4 aromatic rings. The summed E-state index contributed by atoms with van der Waals surface area (Å²) in [6, 6.07) is 18.1. The van der Waals surface area contributed by atoms with E-state index < -0.39 is 28.9 Å². The van der Waals surface area contributed by atoms with Crippen LogP contribution < -0.4 is 4.74 Å². The molecule has 1 nitrogen and oxygen atoms in total. The van der Waals surface area contributed by atoms with E-state index in [1.54, 1.807) is 54.6 Å². The summed E-state index contributed by atoms with van der Waals surface area (Å²) < 4.78 is 96.4. The van der Waals surface area contributed by atoms with Gasteiger partial charge in [0.2, 0.25) is 0 Å². The second-order valence-electron chi connectivity index (χ2n) is 8.73. The van der Waals surface area contributed by atoms with Gasteiger partial charge in [0, 0.05) is 30.7 Å². The van der Waals surface area contributed by atoms with Gasteiger partial charge in [0.1, 0.15) is 5.75 Å². The van der Waals surface area contributed by atoms with E-state index in [1.165, 1.54) is 33.1 Å². The SMILES string of the molecule is COc1cccc(-c2cc(C3=C(c4cc(-c5ccccc5)sc4C)C(F)(F)C(F)(F)C3(F)F)c(C)s2)c1. The van der Waals surface area contributed by atoms with Crippen LogP contribution in [0.25, 0.3) is 32.0 Å². The number of methoxy groups -OCH3 is 1. The van der Waals surface area contributed by atoms with E-state index in [2.05, 4.69) is 0 Å². The van der Waals surface area contributed by atoms with Gasteiger partial charge in [-0.05, 0) is 60.4 Å². The molecule has 0 N–H and O–H groups in total. The molecule has 2 aromatic heterocycles. The van der Waals surface area contributed by atoms with Crippen LogP contribution in [-0.4, -0.2) is 24.9 Å². The van der Waals surface area contributed by atoms with Gasteiger partial charge < -0.3 is 4.74 Å². The molecule has 1 aliphatic rings. The van der Waals surface area contributed by atoms with Crippen LogP contribution in [0.15, 0.2) is 66.7 Å². The zero-order valence-electron chi connectivity index (χ0n) is 19.8. The first-order valence-corrected chi connectivity index (χ1v) is 12.8. The van der Waals surface area contributed by atoms with Gasteiger partial charge in [0.05, 0.1) is 7.11 Å². The third-order valence-electron chi connectivity index (χ3n) is 6.45. The van der Waals surface area contributed by atoms with Crippen molar-refractivity contribution in [2.24, 2.45) is 0 Å². The molecule has 0 atom stereocenters. The molecule has 2 aromatic carbocycles. The highest BCUT2D eigenvalue weighted by Gasteiger charge is 2.80. The fourth-order valence-electron chi connectivity index (χ4n) is 4.56. The average Bonchev–Trinajstić information content (AvgIpc) is 3.47. The number of thiophene rings is 2. The Kier molecular flexibility index (Phi) is 6.07. The molecule has 9 heteroatoms. The number of hydrogen-bond acceptors (Lipinski definition) is 3. The lowest BCUT2D eigenvalue weighted by atomic mass is 9.94. The number of halogens is 6. The summed E-state index contributed by atoms with van der Waals surface area (Å²) in [5.41, 5.74) is -1.99. The predicted molar refractivity (Wildman–Crippen MR) is 137 cm³/mol. The van der Waals surface area contributed by atoms with Crippen molar-refractivity contribution in [1.82, 2.24) is 0 Å². The molecule has 0 bridgehead atoms. The van der Waals surface area contributed by atoms with Crippen LogP contribution in [-0.2, 0) is 0 Å². The second-order valence-corrected chi connectivity index (χ2v) is 11.2. The van der Waals surface area contributed by atoms with Gasteiger partial charge in [-0.1, -0.05) is 42.5 Å². The third kappa shape index (κ3) is 3.82. The quantitative estimate of drug-likeness (QED) is 0.225. The first-order chi connectivity index (χ1) is 17.4. The van der Waals surface area contributed by atoms with Gasteiger partial charge in [0.25, 0.3) is 0 Å². The maximum Gasteiger partial charge on any atom is 0.380 e. The van der Waals surface area contributed by atoms with Crippen molar-refractivity contribution >= 4 is 33.8 Å². The summed E-state index contributed by atoms with van der Waals surface area (Å²) in [7, 11) is 1.47. The molecule has 0 amide bonds. The number of allylic oxidation sites excluding steroid dienone is 2. The Balaban J connectivity index is 1.76. The van der Waals surface area contributed by atoms with Crippen LogP contribution in [0.4, 0.5) is 26.3 Å². The molecule has 0 aliphatic heterocycles. The minimum Gasteiger partial charge on any atom is -0.497 e. The fourth-order valence-corrected chi connectivity index (χ4v) is 6.61. The molecule has 0 saturated carbocycles. The highest BCUT2D eigenvalue weighted by atomic mass is 32.1. The summed E-state index contributed by atoms with van der Waals surface area (Å²) in [6.45, 7) is 2.94. The Morgan fingerprint density at radius 3 is 1.62 bits per heavy atom. The molecular weight excluding hydrogens is 530 g/mol. The van der Waals surface area contributed by atoms with E-state index in [-0.39, 0.29) is 20.9 Å². The summed E-state index contributed by atoms with van der Waals surface area (Å²) in [4.78, 5) is 1.48. The molecule has 0 spiro atoms. The first kappa shape index (κ1) is 25.6. The third-order valence-corrected chi connectivity index (χ3v) is 8.65. The average molecular weight is 551 g/mol. The van der Waals surface area contributed by atoms with Gasteiger partial charge in [-0.3, -0.25) is 0 Å². The van der Waals surface area contributed by atoms with E-state index in [0.717, 1.165) is 22.7 Å². The Hall–Kier alpha value is -3.04. The van der Waals surface area contributed by atoms with Gasteiger partial charge >= 0.3 is 17.8 Å². The van der Waals surface area contributed by atoms with Gasteiger partial charge in [-0.2, -0.15) is 26.3 Å². The van der Waals surface area contributed by atoms with Crippen LogP contribution in [0.5, 0.6) is 5.75 Å². The number of aryl methyl sites for hydroxylation is 2. The predicted octanol–water partition coefficient (Wildman–Crippen LogP) is 9.60. The molecule has 0 unspecified atom stereocenters. The summed E-state index contributed by atoms with van der Waals surface area (Å²) in [5, 5.41) is 0. The second kappa shape index (κ2) is 8.77. The van der Waals surface area contributed by atoms with Crippen molar-refractivity contribution in [1.29, 1.82) is 0 Å². The van der Waals surface area contributed by atoms with Crippen LogP contribution in [0.3, 0.4) is 0 Å².